The highest BCUT2D eigenvalue weighted by molar-refractivity contribution is 9.11. The van der Waals surface area contributed by atoms with Gasteiger partial charge in [-0.2, -0.15) is 0 Å². The van der Waals surface area contributed by atoms with Gasteiger partial charge in [0.15, 0.2) is 0 Å². The van der Waals surface area contributed by atoms with E-state index in [-0.39, 0.29) is 11.9 Å². The van der Waals surface area contributed by atoms with Gasteiger partial charge in [-0.15, -0.1) is 0 Å². The van der Waals surface area contributed by atoms with Crippen LogP contribution in [0.2, 0.25) is 0 Å². The summed E-state index contributed by atoms with van der Waals surface area (Å²) in [4.78, 5) is 12.8. The molecule has 0 aliphatic heterocycles. The van der Waals surface area contributed by atoms with Gasteiger partial charge in [-0.3, -0.25) is 4.79 Å². The highest BCUT2D eigenvalue weighted by atomic mass is 79.9. The first-order chi connectivity index (χ1) is 5.45. The van der Waals surface area contributed by atoms with E-state index in [1.165, 1.54) is 0 Å². The minimum Gasteiger partial charge on any atom is -0.347 e. The molecule has 0 spiro atoms. The third-order valence-electron chi connectivity index (χ3n) is 1.41. The Bertz CT molecular complexity index is 180. The van der Waals surface area contributed by atoms with Gasteiger partial charge in [-0.1, -0.05) is 22.5 Å². The van der Waals surface area contributed by atoms with Crippen LogP contribution in [0.5, 0.6) is 0 Å². The summed E-state index contributed by atoms with van der Waals surface area (Å²) in [6.07, 6.45) is 0. The fourth-order valence-electron chi connectivity index (χ4n) is 0.738. The molecule has 3 nitrogen and oxygen atoms in total. The Balaban J connectivity index is 3.79. The van der Waals surface area contributed by atoms with Gasteiger partial charge in [0.1, 0.15) is 0 Å². The van der Waals surface area contributed by atoms with E-state index in [9.17, 15) is 4.79 Å². The van der Waals surface area contributed by atoms with Crippen molar-refractivity contribution >= 4 is 21.8 Å². The molecule has 0 aromatic heterocycles. The van der Waals surface area contributed by atoms with E-state index in [0.29, 0.717) is 6.54 Å². The predicted molar refractivity (Wildman–Crippen MR) is 54.2 cm³/mol. The highest BCUT2D eigenvalue weighted by Crippen LogP contribution is 1.98. The number of rotatable bonds is 4. The second-order valence-corrected chi connectivity index (χ2v) is 3.97. The number of nitrogens with zero attached hydrogens (tertiary/aromatic N) is 1. The Morgan fingerprint density at radius 2 is 2.17 bits per heavy atom. The predicted octanol–water partition coefficient (Wildman–Crippen LogP) is 0.961. The maximum Gasteiger partial charge on any atom is 0.238 e. The van der Waals surface area contributed by atoms with Crippen LogP contribution in [-0.2, 0) is 4.79 Å². The van der Waals surface area contributed by atoms with Crippen molar-refractivity contribution in [3.8, 4) is 0 Å². The molecule has 1 N–H and O–H groups in total. The first-order valence-electron chi connectivity index (χ1n) is 3.73. The van der Waals surface area contributed by atoms with Gasteiger partial charge >= 0.3 is 0 Å². The van der Waals surface area contributed by atoms with Crippen molar-refractivity contribution in [1.29, 1.82) is 0 Å². The lowest BCUT2D eigenvalue weighted by atomic mass is 10.3. The first-order valence-corrected chi connectivity index (χ1v) is 4.52. The van der Waals surface area contributed by atoms with E-state index in [1.807, 2.05) is 6.92 Å². The van der Waals surface area contributed by atoms with Crippen molar-refractivity contribution in [2.45, 2.75) is 13.0 Å². The average molecular weight is 235 g/mol. The van der Waals surface area contributed by atoms with E-state index < -0.39 is 0 Å². The molecular weight excluding hydrogens is 220 g/mol. The van der Waals surface area contributed by atoms with Crippen LogP contribution in [0.25, 0.3) is 0 Å². The van der Waals surface area contributed by atoms with Crippen LogP contribution in [0.3, 0.4) is 0 Å². The molecule has 0 aliphatic rings. The number of carbonyl (C=O) groups excluding carboxylic acids is 1. The number of amides is 1. The van der Waals surface area contributed by atoms with Crippen LogP contribution < -0.4 is 5.32 Å². The summed E-state index contributed by atoms with van der Waals surface area (Å²) in [5, 5.41) is 3.03. The van der Waals surface area contributed by atoms with Crippen molar-refractivity contribution in [1.82, 2.24) is 10.2 Å². The molecule has 4 heteroatoms. The Hall–Kier alpha value is -0.350. The molecule has 12 heavy (non-hydrogen) atoms. The molecule has 70 valence electrons. The van der Waals surface area contributed by atoms with Gasteiger partial charge in [0, 0.05) is 25.1 Å². The number of nitrogens with one attached hydrogen (secondary N) is 1. The van der Waals surface area contributed by atoms with Crippen LogP contribution in [0.4, 0.5) is 0 Å². The van der Waals surface area contributed by atoms with Gasteiger partial charge in [0.05, 0.1) is 6.04 Å². The van der Waals surface area contributed by atoms with Crippen molar-refractivity contribution in [3.63, 3.8) is 0 Å². The molecule has 0 bridgehead atoms. The van der Waals surface area contributed by atoms with Gasteiger partial charge in [0.2, 0.25) is 5.91 Å². The molecule has 0 radical (unpaired) electrons. The number of hydrogen-bond acceptors (Lipinski definition) is 2. The van der Waals surface area contributed by atoms with Crippen molar-refractivity contribution in [3.05, 3.63) is 11.1 Å². The van der Waals surface area contributed by atoms with Gasteiger partial charge in [-0.05, 0) is 6.92 Å². The van der Waals surface area contributed by atoms with E-state index in [4.69, 9.17) is 0 Å². The summed E-state index contributed by atoms with van der Waals surface area (Å²) in [7, 11) is 3.48. The average Bonchev–Trinajstić information content (AvgIpc) is 1.98. The quantitative estimate of drug-likeness (QED) is 0.787. The van der Waals surface area contributed by atoms with E-state index in [2.05, 4.69) is 27.8 Å². The molecule has 0 heterocycles. The van der Waals surface area contributed by atoms with E-state index >= 15 is 0 Å². The SMILES string of the molecule is C=C(Br)CNC(C)C(=O)N(C)C. The largest absolute Gasteiger partial charge is 0.347 e. The molecule has 0 rings (SSSR count). The Labute approximate surface area is 81.9 Å². The summed E-state index contributed by atoms with van der Waals surface area (Å²) in [6.45, 7) is 6.10. The third kappa shape index (κ3) is 4.51. The van der Waals surface area contributed by atoms with Crippen molar-refractivity contribution < 1.29 is 4.79 Å². The van der Waals surface area contributed by atoms with Crippen LogP contribution >= 0.6 is 15.9 Å². The van der Waals surface area contributed by atoms with Gasteiger partial charge < -0.3 is 10.2 Å². The molecule has 0 aromatic rings. The monoisotopic (exact) mass is 234 g/mol. The zero-order valence-electron chi connectivity index (χ0n) is 7.72. The highest BCUT2D eigenvalue weighted by Gasteiger charge is 2.13. The molecule has 0 saturated heterocycles. The second-order valence-electron chi connectivity index (χ2n) is 2.85. The number of likely N-dealkylation sites (N-methyl/N-ethyl adjacent to an activating group) is 1. The third-order valence-corrected chi connectivity index (χ3v) is 1.69. The molecule has 0 aromatic carbocycles. The Kier molecular flexibility index (Phi) is 5.17. The maximum absolute atomic E-state index is 11.3. The fraction of sp³-hybridized carbons (Fsp3) is 0.625. The van der Waals surface area contributed by atoms with Gasteiger partial charge in [0.25, 0.3) is 0 Å². The lowest BCUT2D eigenvalue weighted by Gasteiger charge is -2.17. The summed E-state index contributed by atoms with van der Waals surface area (Å²) < 4.78 is 0.848. The first kappa shape index (κ1) is 11.6. The number of carbonyl (C=O) groups is 1. The summed E-state index contributed by atoms with van der Waals surface area (Å²) in [6, 6.07) is -0.158. The normalized spacial score (nSPS) is 12.3. The van der Waals surface area contributed by atoms with Gasteiger partial charge in [-0.25, -0.2) is 0 Å². The van der Waals surface area contributed by atoms with Crippen molar-refractivity contribution in [2.24, 2.45) is 0 Å². The molecule has 0 aliphatic carbocycles. The Morgan fingerprint density at radius 3 is 2.50 bits per heavy atom. The lowest BCUT2D eigenvalue weighted by molar-refractivity contribution is -0.130. The fourth-order valence-corrected chi connectivity index (χ4v) is 0.900. The topological polar surface area (TPSA) is 32.3 Å². The van der Waals surface area contributed by atoms with Crippen LogP contribution in [0.15, 0.2) is 11.1 Å². The summed E-state index contributed by atoms with van der Waals surface area (Å²) in [5.74, 6) is 0.0729. The molecule has 0 fully saturated rings. The minimum atomic E-state index is -0.158. The minimum absolute atomic E-state index is 0.0729. The smallest absolute Gasteiger partial charge is 0.238 e. The second kappa shape index (κ2) is 5.32. The number of halogens is 1. The molecule has 1 amide bonds. The zero-order chi connectivity index (χ0) is 9.72. The van der Waals surface area contributed by atoms with E-state index in [0.717, 1.165) is 4.48 Å². The van der Waals surface area contributed by atoms with Crippen LogP contribution in [0.1, 0.15) is 6.92 Å². The molecule has 0 saturated carbocycles. The molecule has 1 unspecified atom stereocenters. The molecular formula is C8H15BrN2O. The standard InChI is InChI=1S/C8H15BrN2O/c1-6(9)5-10-7(2)8(12)11(3)4/h7,10H,1,5H2,2-4H3. The summed E-state index contributed by atoms with van der Waals surface area (Å²) in [5.41, 5.74) is 0. The Morgan fingerprint density at radius 1 is 1.67 bits per heavy atom. The van der Waals surface area contributed by atoms with Crippen LogP contribution in [-0.4, -0.2) is 37.5 Å². The lowest BCUT2D eigenvalue weighted by Crippen LogP contribution is -2.41. The zero-order valence-corrected chi connectivity index (χ0v) is 9.31. The summed E-state index contributed by atoms with van der Waals surface area (Å²) >= 11 is 3.21. The molecule has 1 atom stereocenters. The van der Waals surface area contributed by atoms with Crippen LogP contribution in [0, 0.1) is 0 Å². The van der Waals surface area contributed by atoms with E-state index in [1.54, 1.807) is 19.0 Å². The number of hydrogen-bond donors (Lipinski definition) is 1. The maximum atomic E-state index is 11.3. The van der Waals surface area contributed by atoms with Crippen molar-refractivity contribution in [2.75, 3.05) is 20.6 Å².